The molecule has 3 aromatic rings. The summed E-state index contributed by atoms with van der Waals surface area (Å²) in [5, 5.41) is 11.5. The number of allylic oxidation sites excluding steroid dienone is 1. The second kappa shape index (κ2) is 12.1. The van der Waals surface area contributed by atoms with E-state index in [1.54, 1.807) is 18.3 Å². The van der Waals surface area contributed by atoms with Crippen molar-refractivity contribution < 1.29 is 13.5 Å². The molecule has 7 nitrogen and oxygen atoms in total. The third-order valence-electron chi connectivity index (χ3n) is 7.44. The zero-order valence-corrected chi connectivity index (χ0v) is 23.5. The zero-order valence-electron chi connectivity index (χ0n) is 23.5. The van der Waals surface area contributed by atoms with Crippen LogP contribution in [0.3, 0.4) is 0 Å². The fraction of sp³-hybridized carbons (Fsp3) is 0.452. The first-order chi connectivity index (χ1) is 19.2. The number of hydrogen-bond donors (Lipinski definition) is 2. The minimum absolute atomic E-state index is 0.0330. The predicted octanol–water partition coefficient (Wildman–Crippen LogP) is 5.46. The predicted molar refractivity (Wildman–Crippen MR) is 155 cm³/mol. The molecule has 2 aliphatic heterocycles. The molecule has 0 radical (unpaired) electrons. The molecule has 0 spiro atoms. The Balaban J connectivity index is 1.36. The summed E-state index contributed by atoms with van der Waals surface area (Å²) in [6.07, 6.45) is 6.80. The van der Waals surface area contributed by atoms with Crippen LogP contribution in [0.1, 0.15) is 44.9 Å². The van der Waals surface area contributed by atoms with Crippen molar-refractivity contribution in [2.75, 3.05) is 39.5 Å². The van der Waals surface area contributed by atoms with E-state index in [9.17, 15) is 0 Å². The number of aromatic nitrogens is 2. The van der Waals surface area contributed by atoms with E-state index in [4.69, 9.17) is 15.1 Å². The van der Waals surface area contributed by atoms with Gasteiger partial charge in [0.05, 0.1) is 36.3 Å². The molecule has 0 aliphatic carbocycles. The number of nitrogens with one attached hydrogen (secondary N) is 2. The average molecular weight is 549 g/mol. The van der Waals surface area contributed by atoms with Crippen molar-refractivity contribution in [2.24, 2.45) is 5.41 Å². The van der Waals surface area contributed by atoms with Crippen LogP contribution in [0.5, 0.6) is 0 Å². The van der Waals surface area contributed by atoms with E-state index in [0.29, 0.717) is 59.4 Å². The van der Waals surface area contributed by atoms with Gasteiger partial charge in [0.15, 0.2) is 0 Å². The van der Waals surface area contributed by atoms with Crippen molar-refractivity contribution in [3.63, 3.8) is 0 Å². The van der Waals surface area contributed by atoms with E-state index >= 15 is 8.78 Å². The van der Waals surface area contributed by atoms with E-state index in [1.807, 2.05) is 17.2 Å². The maximum Gasteiger partial charge on any atom is 0.131 e. The smallest absolute Gasteiger partial charge is 0.131 e. The highest BCUT2D eigenvalue weighted by Gasteiger charge is 2.23. The van der Waals surface area contributed by atoms with Gasteiger partial charge in [0.2, 0.25) is 0 Å². The Morgan fingerprint density at radius 1 is 1.12 bits per heavy atom. The molecular weight excluding hydrogens is 510 g/mol. The molecule has 1 aromatic heterocycles. The monoisotopic (exact) mass is 548 g/mol. The van der Waals surface area contributed by atoms with E-state index in [0.717, 1.165) is 32.5 Å². The van der Waals surface area contributed by atoms with E-state index in [1.165, 1.54) is 18.3 Å². The lowest BCUT2D eigenvalue weighted by molar-refractivity contribution is 0.136. The summed E-state index contributed by atoms with van der Waals surface area (Å²) in [6.45, 7) is 11.7. The lowest BCUT2D eigenvalue weighted by atomic mass is 9.94. The molecule has 0 amide bonds. The molecule has 3 heterocycles. The van der Waals surface area contributed by atoms with Crippen molar-refractivity contribution in [3.8, 4) is 11.1 Å². The van der Waals surface area contributed by atoms with E-state index in [2.05, 4.69) is 36.0 Å². The lowest BCUT2D eigenvalue weighted by Crippen LogP contribution is -2.43. The largest absolute Gasteiger partial charge is 0.387 e. The Morgan fingerprint density at radius 2 is 1.88 bits per heavy atom. The second-order valence-corrected chi connectivity index (χ2v) is 12.0. The molecule has 2 aliphatic rings. The van der Waals surface area contributed by atoms with Gasteiger partial charge in [0.25, 0.3) is 0 Å². The second-order valence-electron chi connectivity index (χ2n) is 12.0. The maximum atomic E-state index is 15.1. The quantitative estimate of drug-likeness (QED) is 0.365. The number of benzene rings is 2. The fourth-order valence-electron chi connectivity index (χ4n) is 5.44. The highest BCUT2D eigenvalue weighted by Crippen LogP contribution is 2.31. The number of halogens is 2. The molecule has 2 saturated heterocycles. The SMILES string of the molecule is CC(C)(C)CN1CCC(N/C=C(\C=N)c2cnc3cccc(-c4cc(F)c(CN5CCOC5)c(F)c4)c3n2)CC1. The van der Waals surface area contributed by atoms with Crippen LogP contribution in [-0.4, -0.2) is 71.5 Å². The molecule has 0 saturated carbocycles. The number of nitrogens with zero attached hydrogens (tertiary/aromatic N) is 4. The van der Waals surface area contributed by atoms with Crippen LogP contribution in [-0.2, 0) is 11.3 Å². The highest BCUT2D eigenvalue weighted by molar-refractivity contribution is 6.08. The van der Waals surface area contributed by atoms with Crippen LogP contribution in [0.2, 0.25) is 0 Å². The minimum atomic E-state index is -0.596. The Hall–Kier alpha value is -3.27. The molecule has 0 unspecified atom stereocenters. The van der Waals surface area contributed by atoms with Gasteiger partial charge in [-0.15, -0.1) is 0 Å². The summed E-state index contributed by atoms with van der Waals surface area (Å²) < 4.78 is 35.5. The number of ether oxygens (including phenoxy) is 1. The van der Waals surface area contributed by atoms with Gasteiger partial charge in [0, 0.05) is 67.9 Å². The number of fused-ring (bicyclic) bond motifs is 1. The van der Waals surface area contributed by atoms with Crippen molar-refractivity contribution in [1.29, 1.82) is 5.41 Å². The number of hydrogen-bond acceptors (Lipinski definition) is 7. The summed E-state index contributed by atoms with van der Waals surface area (Å²) in [7, 11) is 0. The maximum absolute atomic E-state index is 15.1. The Bertz CT molecular complexity index is 1370. The summed E-state index contributed by atoms with van der Waals surface area (Å²) in [5.41, 5.74) is 3.57. The van der Waals surface area contributed by atoms with Gasteiger partial charge in [-0.1, -0.05) is 32.9 Å². The zero-order chi connectivity index (χ0) is 28.3. The van der Waals surface area contributed by atoms with Crippen LogP contribution in [0, 0.1) is 22.5 Å². The van der Waals surface area contributed by atoms with Gasteiger partial charge < -0.3 is 20.4 Å². The third-order valence-corrected chi connectivity index (χ3v) is 7.44. The van der Waals surface area contributed by atoms with Gasteiger partial charge in [0.1, 0.15) is 11.6 Å². The van der Waals surface area contributed by atoms with Gasteiger partial charge in [-0.3, -0.25) is 9.88 Å². The number of piperidine rings is 1. The molecule has 40 heavy (non-hydrogen) atoms. The van der Waals surface area contributed by atoms with E-state index in [-0.39, 0.29) is 17.5 Å². The first-order valence-corrected chi connectivity index (χ1v) is 13.9. The topological polar surface area (TPSA) is 77.4 Å². The average Bonchev–Trinajstić information content (AvgIpc) is 3.44. The Morgan fingerprint density at radius 3 is 2.52 bits per heavy atom. The first kappa shape index (κ1) is 28.3. The van der Waals surface area contributed by atoms with Crippen LogP contribution in [0.4, 0.5) is 8.78 Å². The van der Waals surface area contributed by atoms with E-state index < -0.39 is 11.6 Å². The number of para-hydroxylation sites is 1. The Kier molecular flexibility index (Phi) is 8.54. The van der Waals surface area contributed by atoms with Crippen LogP contribution in [0.25, 0.3) is 27.7 Å². The molecule has 2 aromatic carbocycles. The number of likely N-dealkylation sites (tertiary alicyclic amines) is 1. The summed E-state index contributed by atoms with van der Waals surface area (Å²) in [6, 6.07) is 8.46. The summed E-state index contributed by atoms with van der Waals surface area (Å²) in [4.78, 5) is 13.7. The molecule has 2 N–H and O–H groups in total. The van der Waals surface area contributed by atoms with Crippen LogP contribution in [0.15, 0.2) is 42.7 Å². The van der Waals surface area contributed by atoms with Crippen molar-refractivity contribution >= 4 is 22.8 Å². The lowest BCUT2D eigenvalue weighted by Gasteiger charge is -2.36. The Labute approximate surface area is 234 Å². The molecule has 0 atom stereocenters. The molecule has 0 bridgehead atoms. The van der Waals surface area contributed by atoms with Crippen molar-refractivity contribution in [3.05, 3.63) is 65.6 Å². The fourth-order valence-corrected chi connectivity index (χ4v) is 5.44. The standard InChI is InChI=1S/C31H38F2N6O/c1-31(2,3)19-38-9-7-23(8-10-38)35-16-22(15-34)29-17-36-28-6-4-5-24(30(28)37-29)21-13-26(32)25(27(33)14-21)18-39-11-12-40-20-39/h4-6,13-17,23,34-35H,7-12,18-20H2,1-3H3/b22-16+,34-15?. The van der Waals surface area contributed by atoms with Crippen molar-refractivity contribution in [2.45, 2.75) is 46.2 Å². The van der Waals surface area contributed by atoms with Crippen LogP contribution < -0.4 is 5.32 Å². The normalized spacial score (nSPS) is 18.0. The van der Waals surface area contributed by atoms with Crippen LogP contribution >= 0.6 is 0 Å². The van der Waals surface area contributed by atoms with Gasteiger partial charge in [-0.2, -0.15) is 0 Å². The van der Waals surface area contributed by atoms with Gasteiger partial charge in [-0.05, 0) is 42.0 Å². The molecule has 212 valence electrons. The summed E-state index contributed by atoms with van der Waals surface area (Å²) >= 11 is 0. The minimum Gasteiger partial charge on any atom is -0.387 e. The molecule has 5 rings (SSSR count). The molecule has 2 fully saturated rings. The third kappa shape index (κ3) is 6.71. The van der Waals surface area contributed by atoms with Gasteiger partial charge in [-0.25, -0.2) is 13.8 Å². The first-order valence-electron chi connectivity index (χ1n) is 13.9. The van der Waals surface area contributed by atoms with Gasteiger partial charge >= 0.3 is 0 Å². The molecular formula is C31H38F2N6O. The summed E-state index contributed by atoms with van der Waals surface area (Å²) in [5.74, 6) is -1.19. The highest BCUT2D eigenvalue weighted by atomic mass is 19.1. The number of rotatable bonds is 8. The van der Waals surface area contributed by atoms with Crippen molar-refractivity contribution in [1.82, 2.24) is 25.1 Å². The molecule has 9 heteroatoms.